The van der Waals surface area contributed by atoms with Crippen molar-refractivity contribution in [3.63, 3.8) is 0 Å². The maximum Gasteiger partial charge on any atom is 0.356 e. The van der Waals surface area contributed by atoms with Crippen molar-refractivity contribution in [3.05, 3.63) is 34.7 Å². The lowest BCUT2D eigenvalue weighted by Crippen LogP contribution is -2.40. The van der Waals surface area contributed by atoms with Gasteiger partial charge in [0.05, 0.1) is 6.61 Å². The second-order valence-electron chi connectivity index (χ2n) is 6.12. The average molecular weight is 351 g/mol. The highest BCUT2D eigenvalue weighted by atomic mass is 32.2. The zero-order valence-corrected chi connectivity index (χ0v) is 14.6. The third-order valence-electron chi connectivity index (χ3n) is 4.23. The van der Waals surface area contributed by atoms with Gasteiger partial charge >= 0.3 is 5.63 Å². The zero-order valence-electron chi connectivity index (χ0n) is 13.8. The van der Waals surface area contributed by atoms with E-state index in [-0.39, 0.29) is 16.4 Å². The molecule has 1 saturated heterocycles. The van der Waals surface area contributed by atoms with Crippen molar-refractivity contribution < 1.29 is 17.6 Å². The number of hydrogen-bond acceptors (Lipinski definition) is 5. The van der Waals surface area contributed by atoms with E-state index in [1.807, 2.05) is 13.8 Å². The van der Waals surface area contributed by atoms with Gasteiger partial charge in [-0.3, -0.25) is 0 Å². The summed E-state index contributed by atoms with van der Waals surface area (Å²) < 4.78 is 37.8. The molecule has 3 rings (SSSR count). The largest absolute Gasteiger partial charge is 0.490 e. The molecule has 0 aliphatic carbocycles. The fourth-order valence-electron chi connectivity index (χ4n) is 3.05. The van der Waals surface area contributed by atoms with Gasteiger partial charge in [0.15, 0.2) is 16.2 Å². The Hall–Kier alpha value is -1.86. The summed E-state index contributed by atoms with van der Waals surface area (Å²) in [7, 11) is -3.86. The van der Waals surface area contributed by atoms with Crippen LogP contribution in [0.15, 0.2) is 38.4 Å². The van der Waals surface area contributed by atoms with Crippen molar-refractivity contribution in [1.82, 2.24) is 4.31 Å². The number of piperidine rings is 1. The minimum atomic E-state index is -3.86. The van der Waals surface area contributed by atoms with Crippen LogP contribution in [0.2, 0.25) is 0 Å². The van der Waals surface area contributed by atoms with Gasteiger partial charge < -0.3 is 9.15 Å². The first-order valence-corrected chi connectivity index (χ1v) is 9.57. The summed E-state index contributed by atoms with van der Waals surface area (Å²) in [5.74, 6) is 0.716. The van der Waals surface area contributed by atoms with Crippen molar-refractivity contribution >= 4 is 21.0 Å². The van der Waals surface area contributed by atoms with E-state index < -0.39 is 15.6 Å². The van der Waals surface area contributed by atoms with E-state index >= 15 is 0 Å². The number of hydrogen-bond donors (Lipinski definition) is 0. The molecule has 2 heterocycles. The zero-order chi connectivity index (χ0) is 17.3. The summed E-state index contributed by atoms with van der Waals surface area (Å²) in [4.78, 5) is 12.0. The number of rotatable bonds is 4. The van der Waals surface area contributed by atoms with Crippen LogP contribution in [0.3, 0.4) is 0 Å². The molecule has 1 aromatic carbocycles. The molecule has 7 heteroatoms. The molecule has 0 saturated carbocycles. The van der Waals surface area contributed by atoms with Crippen LogP contribution in [0.25, 0.3) is 11.0 Å². The second kappa shape index (κ2) is 6.57. The lowest BCUT2D eigenvalue weighted by molar-refractivity contribution is 0.280. The molecule has 130 valence electrons. The van der Waals surface area contributed by atoms with Gasteiger partial charge in [0.1, 0.15) is 0 Å². The Morgan fingerprint density at radius 3 is 2.88 bits per heavy atom. The Morgan fingerprint density at radius 2 is 2.17 bits per heavy atom. The monoisotopic (exact) mass is 351 g/mol. The number of sulfonamides is 1. The van der Waals surface area contributed by atoms with Crippen LogP contribution in [0.1, 0.15) is 26.7 Å². The van der Waals surface area contributed by atoms with E-state index in [0.29, 0.717) is 30.8 Å². The van der Waals surface area contributed by atoms with E-state index in [1.54, 1.807) is 18.2 Å². The van der Waals surface area contributed by atoms with Gasteiger partial charge in [-0.15, -0.1) is 0 Å². The molecular weight excluding hydrogens is 330 g/mol. The molecule has 1 fully saturated rings. The Balaban J connectivity index is 2.10. The molecule has 2 aromatic rings. The Bertz CT molecular complexity index is 903. The molecule has 0 unspecified atom stereocenters. The summed E-state index contributed by atoms with van der Waals surface area (Å²) in [5, 5.41) is 0.532. The van der Waals surface area contributed by atoms with Gasteiger partial charge in [-0.05, 0) is 37.8 Å². The molecule has 1 aromatic heterocycles. The topological polar surface area (TPSA) is 76.8 Å². The summed E-state index contributed by atoms with van der Waals surface area (Å²) >= 11 is 0. The normalized spacial score (nSPS) is 19.5. The van der Waals surface area contributed by atoms with E-state index in [9.17, 15) is 13.2 Å². The van der Waals surface area contributed by atoms with E-state index in [4.69, 9.17) is 9.15 Å². The first-order valence-electron chi connectivity index (χ1n) is 8.13. The van der Waals surface area contributed by atoms with Gasteiger partial charge in [0.2, 0.25) is 10.0 Å². The van der Waals surface area contributed by atoms with E-state index in [2.05, 4.69) is 0 Å². The fraction of sp³-hybridized carbons (Fsp3) is 0.471. The van der Waals surface area contributed by atoms with Gasteiger partial charge in [-0.25, -0.2) is 13.2 Å². The molecular formula is C17H21NO5S. The SMILES string of the molecule is CCOc1cccc2cc(S(=O)(=O)N3CCC[C@@H](C)C3)c(=O)oc12. The Morgan fingerprint density at radius 1 is 1.38 bits per heavy atom. The highest BCUT2D eigenvalue weighted by Crippen LogP contribution is 2.28. The van der Waals surface area contributed by atoms with Crippen LogP contribution in [0.4, 0.5) is 0 Å². The second-order valence-corrected chi connectivity index (χ2v) is 8.02. The molecule has 1 atom stereocenters. The van der Waals surface area contributed by atoms with Crippen LogP contribution in [-0.4, -0.2) is 32.4 Å². The van der Waals surface area contributed by atoms with Crippen LogP contribution >= 0.6 is 0 Å². The van der Waals surface area contributed by atoms with Crippen molar-refractivity contribution in [2.75, 3.05) is 19.7 Å². The van der Waals surface area contributed by atoms with Crippen molar-refractivity contribution in [3.8, 4) is 5.75 Å². The summed E-state index contributed by atoms with van der Waals surface area (Å²) in [5.41, 5.74) is -0.580. The molecule has 6 nitrogen and oxygen atoms in total. The minimum absolute atomic E-state index is 0.273. The first kappa shape index (κ1) is 17.0. The molecule has 0 bridgehead atoms. The predicted octanol–water partition coefficient (Wildman–Crippen LogP) is 2.61. The van der Waals surface area contributed by atoms with Gasteiger partial charge in [-0.2, -0.15) is 4.31 Å². The third-order valence-corrected chi connectivity index (χ3v) is 6.08. The van der Waals surface area contributed by atoms with Crippen LogP contribution in [0, 0.1) is 5.92 Å². The van der Waals surface area contributed by atoms with E-state index in [1.165, 1.54) is 10.4 Å². The molecule has 0 radical (unpaired) electrons. The first-order chi connectivity index (χ1) is 11.4. The van der Waals surface area contributed by atoms with E-state index in [0.717, 1.165) is 12.8 Å². The van der Waals surface area contributed by atoms with Crippen LogP contribution in [0.5, 0.6) is 5.75 Å². The molecule has 1 aliphatic heterocycles. The average Bonchev–Trinajstić information content (AvgIpc) is 2.55. The smallest absolute Gasteiger partial charge is 0.356 e. The Labute approximate surface area is 141 Å². The van der Waals surface area contributed by atoms with Gasteiger partial charge in [0.25, 0.3) is 0 Å². The van der Waals surface area contributed by atoms with Gasteiger partial charge in [-0.1, -0.05) is 19.1 Å². The van der Waals surface area contributed by atoms with Crippen LogP contribution < -0.4 is 10.4 Å². The lowest BCUT2D eigenvalue weighted by Gasteiger charge is -2.29. The fourth-order valence-corrected chi connectivity index (χ4v) is 4.68. The lowest BCUT2D eigenvalue weighted by atomic mass is 10.0. The summed E-state index contributed by atoms with van der Waals surface area (Å²) in [6, 6.07) is 6.53. The number of nitrogens with zero attached hydrogens (tertiary/aromatic N) is 1. The molecule has 24 heavy (non-hydrogen) atoms. The maximum absolute atomic E-state index is 12.8. The van der Waals surface area contributed by atoms with Crippen molar-refractivity contribution in [2.24, 2.45) is 5.92 Å². The third kappa shape index (κ3) is 3.06. The minimum Gasteiger partial charge on any atom is -0.490 e. The van der Waals surface area contributed by atoms with Crippen molar-refractivity contribution in [2.45, 2.75) is 31.6 Å². The number of para-hydroxylation sites is 1. The summed E-state index contributed by atoms with van der Waals surface area (Å²) in [6.45, 7) is 5.13. The number of benzene rings is 1. The summed E-state index contributed by atoms with van der Waals surface area (Å²) in [6.07, 6.45) is 1.80. The highest BCUT2D eigenvalue weighted by Gasteiger charge is 2.31. The van der Waals surface area contributed by atoms with Crippen molar-refractivity contribution in [1.29, 1.82) is 0 Å². The predicted molar refractivity (Wildman–Crippen MR) is 90.8 cm³/mol. The highest BCUT2D eigenvalue weighted by molar-refractivity contribution is 7.89. The molecule has 0 amide bonds. The number of ether oxygens (including phenoxy) is 1. The standard InChI is InChI=1S/C17H21NO5S/c1-3-22-14-8-4-7-13-10-15(17(19)23-16(13)14)24(20,21)18-9-5-6-12(2)11-18/h4,7-8,10,12H,3,5-6,9,11H2,1-2H3/t12-/m1/s1. The molecule has 1 aliphatic rings. The van der Waals surface area contributed by atoms with Crippen LogP contribution in [-0.2, 0) is 10.0 Å². The molecule has 0 spiro atoms. The molecule has 0 N–H and O–H groups in total. The van der Waals surface area contributed by atoms with Gasteiger partial charge in [0, 0.05) is 18.5 Å². The maximum atomic E-state index is 12.8. The number of fused-ring (bicyclic) bond motifs is 1. The quantitative estimate of drug-likeness (QED) is 0.792. The Kier molecular flexibility index (Phi) is 4.64.